The lowest BCUT2D eigenvalue weighted by atomic mass is 9.88. The molecule has 3 aromatic carbocycles. The van der Waals surface area contributed by atoms with Gasteiger partial charge in [-0.05, 0) is 61.9 Å². The van der Waals surface area contributed by atoms with Gasteiger partial charge in [-0.1, -0.05) is 75.4 Å². The summed E-state index contributed by atoms with van der Waals surface area (Å²) >= 11 is 1.69. The molecule has 0 aliphatic heterocycles. The van der Waals surface area contributed by atoms with Crippen LogP contribution in [0.1, 0.15) is 57.3 Å². The van der Waals surface area contributed by atoms with Crippen LogP contribution in [0.25, 0.3) is 33.1 Å². The van der Waals surface area contributed by atoms with E-state index >= 15 is 0 Å². The fourth-order valence-electron chi connectivity index (χ4n) is 5.78. The standard InChI is InChI=1S/C40H38F3N3O3S/c1-38(2,3)50-36-30-21-29(49-24-28-18-17-26-9-6-7-10-31(26)44-28)19-20-33(30)46(34(36)22-39(4,5)37(47)48)23-25-13-15-27(16-14-25)32-11-8-12-35(45-32)40(41,42)43/h6-21H,22-24H2,1-5H3,(H,47,48). The molecule has 0 spiro atoms. The quantitative estimate of drug-likeness (QED) is 0.144. The van der Waals surface area contributed by atoms with Crippen molar-refractivity contribution in [2.45, 2.75) is 70.0 Å². The van der Waals surface area contributed by atoms with Gasteiger partial charge < -0.3 is 14.4 Å². The van der Waals surface area contributed by atoms with E-state index in [-0.39, 0.29) is 23.5 Å². The zero-order valence-electron chi connectivity index (χ0n) is 28.5. The van der Waals surface area contributed by atoms with Gasteiger partial charge >= 0.3 is 12.1 Å². The van der Waals surface area contributed by atoms with Crippen molar-refractivity contribution in [2.24, 2.45) is 5.41 Å². The molecule has 0 saturated heterocycles. The number of carboxylic acid groups (broad SMARTS) is 1. The maximum atomic E-state index is 13.3. The number of alkyl halides is 3. The first kappa shape index (κ1) is 35.0. The molecule has 0 atom stereocenters. The molecule has 10 heteroatoms. The summed E-state index contributed by atoms with van der Waals surface area (Å²) < 4.78 is 48.2. The number of thioether (sulfide) groups is 1. The van der Waals surface area contributed by atoms with Crippen molar-refractivity contribution in [1.29, 1.82) is 0 Å². The summed E-state index contributed by atoms with van der Waals surface area (Å²) in [6.45, 7) is 10.5. The third-order valence-electron chi connectivity index (χ3n) is 8.36. The zero-order chi connectivity index (χ0) is 35.8. The smallest absolute Gasteiger partial charge is 0.433 e. The molecule has 0 bridgehead atoms. The first-order chi connectivity index (χ1) is 23.6. The summed E-state index contributed by atoms with van der Waals surface area (Å²) in [6.07, 6.45) is -4.26. The monoisotopic (exact) mass is 697 g/mol. The fourth-order valence-corrected chi connectivity index (χ4v) is 6.96. The Morgan fingerprint density at radius 1 is 0.860 bits per heavy atom. The molecule has 6 rings (SSSR count). The van der Waals surface area contributed by atoms with Crippen LogP contribution in [-0.4, -0.2) is 30.4 Å². The van der Waals surface area contributed by atoms with E-state index < -0.39 is 23.3 Å². The molecule has 3 heterocycles. The van der Waals surface area contributed by atoms with Gasteiger partial charge in [-0.25, -0.2) is 9.97 Å². The van der Waals surface area contributed by atoms with Crippen molar-refractivity contribution >= 4 is 39.5 Å². The van der Waals surface area contributed by atoms with E-state index in [0.29, 0.717) is 17.9 Å². The Bertz CT molecular complexity index is 2190. The average molecular weight is 698 g/mol. The Labute approximate surface area is 293 Å². The summed E-state index contributed by atoms with van der Waals surface area (Å²) in [6, 6.07) is 29.0. The van der Waals surface area contributed by atoms with Gasteiger partial charge in [0.2, 0.25) is 0 Å². The van der Waals surface area contributed by atoms with Gasteiger partial charge in [-0.15, -0.1) is 11.8 Å². The van der Waals surface area contributed by atoms with Crippen LogP contribution in [0.5, 0.6) is 5.75 Å². The highest BCUT2D eigenvalue weighted by atomic mass is 32.2. The fraction of sp³-hybridized carbons (Fsp3) is 0.275. The van der Waals surface area contributed by atoms with Crippen LogP contribution < -0.4 is 4.74 Å². The Morgan fingerprint density at radius 3 is 2.30 bits per heavy atom. The highest BCUT2D eigenvalue weighted by Crippen LogP contribution is 2.44. The molecule has 3 aromatic heterocycles. The van der Waals surface area contributed by atoms with Crippen molar-refractivity contribution in [3.63, 3.8) is 0 Å². The Balaban J connectivity index is 1.39. The third kappa shape index (κ3) is 7.81. The minimum absolute atomic E-state index is 0.188. The maximum Gasteiger partial charge on any atom is 0.433 e. The molecular formula is C40H38F3N3O3S. The van der Waals surface area contributed by atoms with Crippen molar-refractivity contribution in [3.8, 4) is 17.0 Å². The van der Waals surface area contributed by atoms with Crippen LogP contribution >= 0.6 is 11.8 Å². The number of fused-ring (bicyclic) bond motifs is 2. The number of benzene rings is 3. The molecule has 50 heavy (non-hydrogen) atoms. The number of carboxylic acids is 1. The van der Waals surface area contributed by atoms with Crippen molar-refractivity contribution in [2.75, 3.05) is 0 Å². The van der Waals surface area contributed by atoms with E-state index in [2.05, 4.69) is 30.3 Å². The minimum Gasteiger partial charge on any atom is -0.487 e. The second kappa shape index (κ2) is 13.5. The second-order valence-corrected chi connectivity index (χ2v) is 15.8. The normalized spacial score (nSPS) is 12.5. The maximum absolute atomic E-state index is 13.3. The summed E-state index contributed by atoms with van der Waals surface area (Å²) in [7, 11) is 0. The Morgan fingerprint density at radius 2 is 1.60 bits per heavy atom. The number of pyridine rings is 2. The van der Waals surface area contributed by atoms with Gasteiger partial charge in [0.05, 0.1) is 22.3 Å². The van der Waals surface area contributed by atoms with Crippen molar-refractivity contribution < 1.29 is 27.8 Å². The van der Waals surface area contributed by atoms with Gasteiger partial charge in [0.1, 0.15) is 18.1 Å². The summed E-state index contributed by atoms with van der Waals surface area (Å²) in [5.41, 5.74) is 3.23. The lowest BCUT2D eigenvalue weighted by Gasteiger charge is -2.24. The lowest BCUT2D eigenvalue weighted by Crippen LogP contribution is -2.28. The molecule has 0 unspecified atom stereocenters. The molecule has 0 radical (unpaired) electrons. The number of ether oxygens (including phenoxy) is 1. The molecule has 1 N–H and O–H groups in total. The average Bonchev–Trinajstić information content (AvgIpc) is 3.32. The predicted molar refractivity (Wildman–Crippen MR) is 193 cm³/mol. The first-order valence-electron chi connectivity index (χ1n) is 16.3. The number of aliphatic carboxylic acids is 1. The third-order valence-corrected chi connectivity index (χ3v) is 9.63. The number of hydrogen-bond acceptors (Lipinski definition) is 5. The van der Waals surface area contributed by atoms with E-state index in [1.54, 1.807) is 43.8 Å². The number of carbonyl (C=O) groups is 1. The van der Waals surface area contributed by atoms with E-state index in [1.165, 1.54) is 6.07 Å². The molecule has 6 aromatic rings. The highest BCUT2D eigenvalue weighted by Gasteiger charge is 2.34. The summed E-state index contributed by atoms with van der Waals surface area (Å²) in [4.78, 5) is 22.0. The van der Waals surface area contributed by atoms with E-state index in [1.807, 2.05) is 66.7 Å². The number of rotatable bonds is 10. The van der Waals surface area contributed by atoms with E-state index in [9.17, 15) is 23.1 Å². The largest absolute Gasteiger partial charge is 0.487 e. The van der Waals surface area contributed by atoms with Crippen LogP contribution in [0.15, 0.2) is 102 Å². The SMILES string of the molecule is CC(C)(C)Sc1c(CC(C)(C)C(=O)O)n(Cc2ccc(-c3cccc(C(F)(F)F)n3)cc2)c2ccc(OCc3ccc4ccccc4n3)cc12. The first-order valence-corrected chi connectivity index (χ1v) is 17.1. The molecule has 258 valence electrons. The van der Waals surface area contributed by atoms with E-state index in [0.717, 1.165) is 49.7 Å². The van der Waals surface area contributed by atoms with Crippen LogP contribution in [0.3, 0.4) is 0 Å². The predicted octanol–water partition coefficient (Wildman–Crippen LogP) is 10.4. The van der Waals surface area contributed by atoms with Gasteiger partial charge in [0.15, 0.2) is 0 Å². The molecule has 6 nitrogen and oxygen atoms in total. The lowest BCUT2D eigenvalue weighted by molar-refractivity contribution is -0.147. The number of halogens is 3. The second-order valence-electron chi connectivity index (χ2n) is 14.0. The Kier molecular flexibility index (Phi) is 9.43. The van der Waals surface area contributed by atoms with Crippen molar-refractivity contribution in [1.82, 2.24) is 14.5 Å². The van der Waals surface area contributed by atoms with Crippen molar-refractivity contribution in [3.05, 3.63) is 120 Å². The Hall–Kier alpha value is -4.83. The number of nitrogens with zero attached hydrogens (tertiary/aromatic N) is 3. The van der Waals surface area contributed by atoms with Crippen LogP contribution in [0.4, 0.5) is 13.2 Å². The molecule has 0 amide bonds. The molecule has 0 aliphatic carbocycles. The number of para-hydroxylation sites is 1. The number of hydrogen-bond donors (Lipinski definition) is 1. The van der Waals surface area contributed by atoms with Gasteiger partial charge in [-0.3, -0.25) is 4.79 Å². The summed E-state index contributed by atoms with van der Waals surface area (Å²) in [5, 5.41) is 12.2. The zero-order valence-corrected chi connectivity index (χ0v) is 29.3. The van der Waals surface area contributed by atoms with Gasteiger partial charge in [0, 0.05) is 50.2 Å². The highest BCUT2D eigenvalue weighted by molar-refractivity contribution is 8.00. The van der Waals surface area contributed by atoms with Gasteiger partial charge in [0.25, 0.3) is 0 Å². The number of aromatic nitrogens is 3. The molecule has 0 saturated carbocycles. The van der Waals surface area contributed by atoms with E-state index in [4.69, 9.17) is 9.72 Å². The van der Waals surface area contributed by atoms with Gasteiger partial charge in [-0.2, -0.15) is 13.2 Å². The molecule has 0 aliphatic rings. The minimum atomic E-state index is -4.54. The van der Waals surface area contributed by atoms with Crippen LogP contribution in [0.2, 0.25) is 0 Å². The molecule has 0 fully saturated rings. The summed E-state index contributed by atoms with van der Waals surface area (Å²) in [5.74, 6) is -0.229. The van der Waals surface area contributed by atoms with Crippen LogP contribution in [-0.2, 0) is 30.5 Å². The molecular weight excluding hydrogens is 660 g/mol. The topological polar surface area (TPSA) is 77.2 Å². The van der Waals surface area contributed by atoms with Crippen LogP contribution in [0, 0.1) is 5.41 Å².